The minimum atomic E-state index is 0.234. The molecule has 4 heteroatoms. The molecule has 0 aromatic heterocycles. The number of carbonyl (C=O) groups excluding carboxylic acids is 2. The molecule has 3 nitrogen and oxygen atoms in total. The summed E-state index contributed by atoms with van der Waals surface area (Å²) in [5.74, 6) is 1.47. The van der Waals surface area contributed by atoms with Gasteiger partial charge < -0.3 is 10.1 Å². The molecule has 0 fully saturated rings. The van der Waals surface area contributed by atoms with Gasteiger partial charge in [-0.1, -0.05) is 18.7 Å². The first-order valence-electron chi connectivity index (χ1n) is 5.86. The predicted octanol–water partition coefficient (Wildman–Crippen LogP) is 2.25. The molecule has 0 saturated heterocycles. The fraction of sp³-hybridized carbons (Fsp3) is 0.833. The second-order valence-electron chi connectivity index (χ2n) is 4.23. The van der Waals surface area contributed by atoms with E-state index in [1.54, 1.807) is 6.92 Å². The Morgan fingerprint density at radius 1 is 1.38 bits per heavy atom. The van der Waals surface area contributed by atoms with Crippen molar-refractivity contribution in [1.82, 2.24) is 5.32 Å². The van der Waals surface area contributed by atoms with Gasteiger partial charge in [0.2, 0.25) is 0 Å². The Labute approximate surface area is 103 Å². The molecule has 0 unspecified atom stereocenters. The van der Waals surface area contributed by atoms with Crippen LogP contribution in [0.5, 0.6) is 0 Å². The number of ketones is 1. The summed E-state index contributed by atoms with van der Waals surface area (Å²) in [5.41, 5.74) is 0. The Balaban J connectivity index is 3.42. The molecular formula is C12H23NO2S. The average Bonchev–Trinajstić information content (AvgIpc) is 2.17. The van der Waals surface area contributed by atoms with E-state index < -0.39 is 0 Å². The van der Waals surface area contributed by atoms with Crippen LogP contribution in [0.25, 0.3) is 0 Å². The average molecular weight is 245 g/mol. The largest absolute Gasteiger partial charge is 0.320 e. The zero-order valence-corrected chi connectivity index (χ0v) is 11.4. The van der Waals surface area contributed by atoms with Crippen molar-refractivity contribution >= 4 is 22.7 Å². The molecule has 16 heavy (non-hydrogen) atoms. The molecule has 0 aliphatic rings. The molecule has 0 aromatic carbocycles. The molecule has 0 radical (unpaired) electrons. The molecule has 1 atom stereocenters. The van der Waals surface area contributed by atoms with Crippen LogP contribution in [-0.2, 0) is 9.59 Å². The van der Waals surface area contributed by atoms with Crippen molar-refractivity contribution < 1.29 is 9.59 Å². The van der Waals surface area contributed by atoms with E-state index in [1.165, 1.54) is 11.8 Å². The van der Waals surface area contributed by atoms with E-state index in [0.29, 0.717) is 18.8 Å². The van der Waals surface area contributed by atoms with Gasteiger partial charge in [0.25, 0.3) is 0 Å². The number of hydrogen-bond donors (Lipinski definition) is 1. The van der Waals surface area contributed by atoms with Gasteiger partial charge in [-0.15, -0.1) is 0 Å². The van der Waals surface area contributed by atoms with E-state index in [1.807, 2.05) is 7.05 Å². The lowest BCUT2D eigenvalue weighted by molar-refractivity contribution is -0.117. The van der Waals surface area contributed by atoms with Crippen molar-refractivity contribution in [2.24, 2.45) is 5.92 Å². The van der Waals surface area contributed by atoms with Gasteiger partial charge in [-0.05, 0) is 39.3 Å². The van der Waals surface area contributed by atoms with Crippen molar-refractivity contribution in [3.05, 3.63) is 0 Å². The normalized spacial score (nSPS) is 12.4. The van der Waals surface area contributed by atoms with Gasteiger partial charge in [0, 0.05) is 18.6 Å². The third-order valence-corrected chi connectivity index (χ3v) is 3.28. The van der Waals surface area contributed by atoms with Gasteiger partial charge in [-0.25, -0.2) is 0 Å². The van der Waals surface area contributed by atoms with Crippen molar-refractivity contribution in [2.45, 2.75) is 39.5 Å². The van der Waals surface area contributed by atoms with Crippen LogP contribution in [0.2, 0.25) is 0 Å². The topological polar surface area (TPSA) is 46.2 Å². The van der Waals surface area contributed by atoms with Gasteiger partial charge in [-0.2, -0.15) is 0 Å². The Hall–Kier alpha value is -0.350. The molecule has 0 aromatic rings. The van der Waals surface area contributed by atoms with Crippen molar-refractivity contribution in [3.63, 3.8) is 0 Å². The zero-order valence-electron chi connectivity index (χ0n) is 10.5. The molecule has 0 bridgehead atoms. The zero-order chi connectivity index (χ0) is 12.4. The van der Waals surface area contributed by atoms with E-state index >= 15 is 0 Å². The van der Waals surface area contributed by atoms with Crippen LogP contribution in [-0.4, -0.2) is 30.2 Å². The summed E-state index contributed by atoms with van der Waals surface area (Å²) >= 11 is 1.40. The van der Waals surface area contributed by atoms with Crippen LogP contribution in [0.15, 0.2) is 0 Å². The summed E-state index contributed by atoms with van der Waals surface area (Å²) < 4.78 is 0. The lowest BCUT2D eigenvalue weighted by atomic mass is 10.0. The summed E-state index contributed by atoms with van der Waals surface area (Å²) in [5, 5.41) is 3.29. The van der Waals surface area contributed by atoms with Gasteiger partial charge in [0.05, 0.1) is 0 Å². The highest BCUT2D eigenvalue weighted by Gasteiger charge is 2.07. The summed E-state index contributed by atoms with van der Waals surface area (Å²) in [4.78, 5) is 22.2. The summed E-state index contributed by atoms with van der Waals surface area (Å²) in [7, 11) is 1.89. The fourth-order valence-corrected chi connectivity index (χ4v) is 2.48. The number of thioether (sulfide) groups is 1. The van der Waals surface area contributed by atoms with E-state index in [9.17, 15) is 9.59 Å². The number of rotatable bonds is 9. The van der Waals surface area contributed by atoms with E-state index in [-0.39, 0.29) is 10.9 Å². The second kappa shape index (κ2) is 9.85. The Morgan fingerprint density at radius 2 is 2.06 bits per heavy atom. The fourth-order valence-electron chi connectivity index (χ4n) is 1.45. The van der Waals surface area contributed by atoms with Gasteiger partial charge in [0.15, 0.2) is 5.12 Å². The highest BCUT2D eigenvalue weighted by Crippen LogP contribution is 2.15. The Kier molecular flexibility index (Phi) is 9.63. The van der Waals surface area contributed by atoms with Crippen molar-refractivity contribution in [2.75, 3.05) is 19.3 Å². The molecule has 0 aliphatic carbocycles. The monoisotopic (exact) mass is 245 g/mol. The molecule has 0 heterocycles. The van der Waals surface area contributed by atoms with Crippen LogP contribution in [0.3, 0.4) is 0 Å². The first kappa shape index (κ1) is 15.7. The lowest BCUT2D eigenvalue weighted by Crippen LogP contribution is -2.09. The highest BCUT2D eigenvalue weighted by atomic mass is 32.2. The van der Waals surface area contributed by atoms with Crippen LogP contribution >= 0.6 is 11.8 Å². The van der Waals surface area contributed by atoms with Crippen molar-refractivity contribution in [3.8, 4) is 0 Å². The molecule has 0 rings (SSSR count). The molecule has 0 amide bonds. The van der Waals surface area contributed by atoms with Crippen LogP contribution < -0.4 is 5.32 Å². The van der Waals surface area contributed by atoms with E-state index in [0.717, 1.165) is 25.1 Å². The third-order valence-electron chi connectivity index (χ3n) is 2.32. The first-order valence-corrected chi connectivity index (χ1v) is 6.84. The summed E-state index contributed by atoms with van der Waals surface area (Å²) in [6.07, 6.45) is 3.13. The maximum Gasteiger partial charge on any atom is 0.188 e. The highest BCUT2D eigenvalue weighted by molar-refractivity contribution is 8.13. The first-order chi connectivity index (χ1) is 7.56. The number of hydrogen-bond acceptors (Lipinski definition) is 4. The Morgan fingerprint density at radius 3 is 2.62 bits per heavy atom. The quantitative estimate of drug-likeness (QED) is 0.633. The number of carbonyl (C=O) groups is 2. The maximum atomic E-state index is 11.4. The molecule has 94 valence electrons. The lowest BCUT2D eigenvalue weighted by Gasteiger charge is -2.07. The predicted molar refractivity (Wildman–Crippen MR) is 69.7 cm³/mol. The van der Waals surface area contributed by atoms with Gasteiger partial charge in [0.1, 0.15) is 5.78 Å². The minimum Gasteiger partial charge on any atom is -0.320 e. The molecule has 0 aliphatic heterocycles. The molecule has 0 saturated carbocycles. The van der Waals surface area contributed by atoms with Gasteiger partial charge in [-0.3, -0.25) is 4.79 Å². The van der Waals surface area contributed by atoms with Crippen LogP contribution in [0.4, 0.5) is 0 Å². The SMILES string of the molecule is CNCCCC(=O)SCC[C@H](C)CC(C)=O. The molecule has 1 N–H and O–H groups in total. The molecule has 0 spiro atoms. The van der Waals surface area contributed by atoms with Gasteiger partial charge >= 0.3 is 0 Å². The third kappa shape index (κ3) is 10.2. The number of nitrogens with one attached hydrogen (secondary N) is 1. The van der Waals surface area contributed by atoms with E-state index in [4.69, 9.17) is 0 Å². The van der Waals surface area contributed by atoms with Crippen LogP contribution in [0, 0.1) is 5.92 Å². The number of Topliss-reactive ketones (excluding diaryl/α,β-unsaturated/α-hetero) is 1. The smallest absolute Gasteiger partial charge is 0.188 e. The standard InChI is InChI=1S/C12H23NO2S/c1-10(9-11(2)14)6-8-16-12(15)5-4-7-13-3/h10,13H,4-9H2,1-3H3/t10-/m0/s1. The van der Waals surface area contributed by atoms with Crippen molar-refractivity contribution in [1.29, 1.82) is 0 Å². The summed E-state index contributed by atoms with van der Waals surface area (Å²) in [6, 6.07) is 0. The van der Waals surface area contributed by atoms with E-state index in [2.05, 4.69) is 12.2 Å². The minimum absolute atomic E-state index is 0.234. The molecular weight excluding hydrogens is 222 g/mol. The summed E-state index contributed by atoms with van der Waals surface area (Å²) in [6.45, 7) is 4.58. The maximum absolute atomic E-state index is 11.4. The van der Waals surface area contributed by atoms with Crippen LogP contribution in [0.1, 0.15) is 39.5 Å². The second-order valence-corrected chi connectivity index (χ2v) is 5.38. The Bertz CT molecular complexity index is 219.